The quantitative estimate of drug-likeness (QED) is 0.581. The molecule has 0 radical (unpaired) electrons. The molecule has 16 heavy (non-hydrogen) atoms. The van der Waals surface area contributed by atoms with E-state index in [1.165, 1.54) is 0 Å². The fourth-order valence-electron chi connectivity index (χ4n) is 1.21. The standard InChI is InChI=1S/C11H16N2O3/c1-3-16-11(14)7-13-8-4-5-9(12)10(6-8)15-2/h4-6,13H,3,7,12H2,1-2H3. The molecule has 0 bridgehead atoms. The van der Waals surface area contributed by atoms with Crippen molar-refractivity contribution in [2.24, 2.45) is 0 Å². The number of nitrogens with one attached hydrogen (secondary N) is 1. The van der Waals surface area contributed by atoms with Gasteiger partial charge in [-0.1, -0.05) is 0 Å². The van der Waals surface area contributed by atoms with Gasteiger partial charge in [0, 0.05) is 11.8 Å². The summed E-state index contributed by atoms with van der Waals surface area (Å²) in [6, 6.07) is 5.22. The highest BCUT2D eigenvalue weighted by molar-refractivity contribution is 5.75. The molecule has 0 saturated heterocycles. The minimum atomic E-state index is -0.293. The topological polar surface area (TPSA) is 73.6 Å². The average molecular weight is 224 g/mol. The molecule has 0 aliphatic rings. The van der Waals surface area contributed by atoms with Crippen LogP contribution in [0.2, 0.25) is 0 Å². The molecule has 0 amide bonds. The minimum absolute atomic E-state index is 0.126. The third kappa shape index (κ3) is 3.34. The van der Waals surface area contributed by atoms with Crippen molar-refractivity contribution in [1.29, 1.82) is 0 Å². The molecule has 0 aliphatic heterocycles. The smallest absolute Gasteiger partial charge is 0.325 e. The van der Waals surface area contributed by atoms with E-state index in [0.717, 1.165) is 5.69 Å². The second-order valence-electron chi connectivity index (χ2n) is 3.12. The highest BCUT2D eigenvalue weighted by atomic mass is 16.5. The van der Waals surface area contributed by atoms with Crippen molar-refractivity contribution in [1.82, 2.24) is 0 Å². The largest absolute Gasteiger partial charge is 0.495 e. The van der Waals surface area contributed by atoms with Crippen LogP contribution in [0.25, 0.3) is 0 Å². The summed E-state index contributed by atoms with van der Waals surface area (Å²) in [4.78, 5) is 11.1. The van der Waals surface area contributed by atoms with Crippen LogP contribution in [0.15, 0.2) is 18.2 Å². The van der Waals surface area contributed by atoms with E-state index in [0.29, 0.717) is 18.0 Å². The normalized spacial score (nSPS) is 9.62. The van der Waals surface area contributed by atoms with Crippen molar-refractivity contribution >= 4 is 17.3 Å². The summed E-state index contributed by atoms with van der Waals surface area (Å²) in [5.74, 6) is 0.284. The van der Waals surface area contributed by atoms with Gasteiger partial charge >= 0.3 is 5.97 Å². The summed E-state index contributed by atoms with van der Waals surface area (Å²) in [6.07, 6.45) is 0. The summed E-state index contributed by atoms with van der Waals surface area (Å²) in [6.45, 7) is 2.27. The molecule has 0 saturated carbocycles. The van der Waals surface area contributed by atoms with Crippen LogP contribution in [0, 0.1) is 0 Å². The van der Waals surface area contributed by atoms with E-state index in [-0.39, 0.29) is 12.5 Å². The van der Waals surface area contributed by atoms with Crippen LogP contribution in [0.1, 0.15) is 6.92 Å². The second kappa shape index (κ2) is 5.85. The molecule has 0 atom stereocenters. The number of rotatable bonds is 5. The van der Waals surface area contributed by atoms with Crippen molar-refractivity contribution in [3.05, 3.63) is 18.2 Å². The lowest BCUT2D eigenvalue weighted by Crippen LogP contribution is -2.16. The SMILES string of the molecule is CCOC(=O)CNc1ccc(N)c(OC)c1. The van der Waals surface area contributed by atoms with Crippen LogP contribution in [0.4, 0.5) is 11.4 Å². The van der Waals surface area contributed by atoms with Gasteiger partial charge in [-0.25, -0.2) is 0 Å². The predicted molar refractivity (Wildman–Crippen MR) is 62.5 cm³/mol. The molecule has 3 N–H and O–H groups in total. The molecule has 5 heteroatoms. The molecule has 1 rings (SSSR count). The van der Waals surface area contributed by atoms with Gasteiger partial charge in [0.15, 0.2) is 0 Å². The maximum Gasteiger partial charge on any atom is 0.325 e. The summed E-state index contributed by atoms with van der Waals surface area (Å²) >= 11 is 0. The Labute approximate surface area is 94.5 Å². The number of ether oxygens (including phenoxy) is 2. The fraction of sp³-hybridized carbons (Fsp3) is 0.364. The van der Waals surface area contributed by atoms with Crippen molar-refractivity contribution in [2.75, 3.05) is 31.3 Å². The Kier molecular flexibility index (Phi) is 4.44. The van der Waals surface area contributed by atoms with Gasteiger partial charge in [0.1, 0.15) is 12.3 Å². The van der Waals surface area contributed by atoms with Crippen molar-refractivity contribution in [3.63, 3.8) is 0 Å². The van der Waals surface area contributed by atoms with Crippen LogP contribution in [-0.4, -0.2) is 26.2 Å². The van der Waals surface area contributed by atoms with Gasteiger partial charge < -0.3 is 20.5 Å². The molecular formula is C11H16N2O3. The Morgan fingerprint density at radius 2 is 2.25 bits per heavy atom. The first-order valence-electron chi connectivity index (χ1n) is 5.00. The first kappa shape index (κ1) is 12.2. The molecule has 1 aromatic rings. The molecule has 0 unspecified atom stereocenters. The van der Waals surface area contributed by atoms with Crippen molar-refractivity contribution < 1.29 is 14.3 Å². The summed E-state index contributed by atoms with van der Waals surface area (Å²) in [5.41, 5.74) is 6.98. The van der Waals surface area contributed by atoms with E-state index in [4.69, 9.17) is 15.2 Å². The van der Waals surface area contributed by atoms with Crippen molar-refractivity contribution in [3.8, 4) is 5.75 Å². The Morgan fingerprint density at radius 1 is 1.50 bits per heavy atom. The number of carbonyl (C=O) groups is 1. The average Bonchev–Trinajstić information content (AvgIpc) is 2.28. The highest BCUT2D eigenvalue weighted by Crippen LogP contribution is 2.24. The van der Waals surface area contributed by atoms with E-state index >= 15 is 0 Å². The van der Waals surface area contributed by atoms with E-state index in [1.807, 2.05) is 0 Å². The molecule has 0 spiro atoms. The number of anilines is 2. The number of hydrogen-bond acceptors (Lipinski definition) is 5. The zero-order valence-corrected chi connectivity index (χ0v) is 9.45. The summed E-state index contributed by atoms with van der Waals surface area (Å²) in [5, 5.41) is 2.92. The number of benzene rings is 1. The van der Waals surface area contributed by atoms with Gasteiger partial charge in [0.2, 0.25) is 0 Å². The van der Waals surface area contributed by atoms with Gasteiger partial charge in [-0.05, 0) is 19.1 Å². The highest BCUT2D eigenvalue weighted by Gasteiger charge is 2.03. The van der Waals surface area contributed by atoms with Crippen LogP contribution < -0.4 is 15.8 Å². The van der Waals surface area contributed by atoms with Gasteiger partial charge in [0.05, 0.1) is 19.4 Å². The number of hydrogen-bond donors (Lipinski definition) is 2. The molecule has 0 aliphatic carbocycles. The number of methoxy groups -OCH3 is 1. The van der Waals surface area contributed by atoms with Gasteiger partial charge in [-0.3, -0.25) is 4.79 Å². The molecule has 1 aromatic carbocycles. The summed E-state index contributed by atoms with van der Waals surface area (Å²) in [7, 11) is 1.54. The Hall–Kier alpha value is -1.91. The van der Waals surface area contributed by atoms with E-state index < -0.39 is 0 Å². The van der Waals surface area contributed by atoms with Crippen LogP contribution >= 0.6 is 0 Å². The van der Waals surface area contributed by atoms with Gasteiger partial charge in [-0.15, -0.1) is 0 Å². The second-order valence-corrected chi connectivity index (χ2v) is 3.12. The number of carbonyl (C=O) groups excluding carboxylic acids is 1. The predicted octanol–water partition coefficient (Wildman–Crippen LogP) is 1.25. The maximum atomic E-state index is 11.1. The number of nitrogens with two attached hydrogens (primary N) is 1. The number of nitrogen functional groups attached to an aromatic ring is 1. The minimum Gasteiger partial charge on any atom is -0.495 e. The van der Waals surface area contributed by atoms with Gasteiger partial charge in [0.25, 0.3) is 0 Å². The lowest BCUT2D eigenvalue weighted by molar-refractivity contribution is -0.140. The third-order valence-corrected chi connectivity index (χ3v) is 1.98. The Morgan fingerprint density at radius 3 is 2.88 bits per heavy atom. The molecule has 88 valence electrons. The zero-order chi connectivity index (χ0) is 12.0. The molecule has 0 fully saturated rings. The van der Waals surface area contributed by atoms with Crippen LogP contribution in [0.3, 0.4) is 0 Å². The lowest BCUT2D eigenvalue weighted by Gasteiger charge is -2.09. The third-order valence-electron chi connectivity index (χ3n) is 1.98. The molecular weight excluding hydrogens is 208 g/mol. The lowest BCUT2D eigenvalue weighted by atomic mass is 10.2. The monoisotopic (exact) mass is 224 g/mol. The number of esters is 1. The molecule has 0 heterocycles. The van der Waals surface area contributed by atoms with Crippen molar-refractivity contribution in [2.45, 2.75) is 6.92 Å². The zero-order valence-electron chi connectivity index (χ0n) is 9.45. The van der Waals surface area contributed by atoms with E-state index in [9.17, 15) is 4.79 Å². The Bertz CT molecular complexity index is 366. The van der Waals surface area contributed by atoms with E-state index in [2.05, 4.69) is 5.32 Å². The van der Waals surface area contributed by atoms with E-state index in [1.54, 1.807) is 32.2 Å². The molecule has 0 aromatic heterocycles. The summed E-state index contributed by atoms with van der Waals surface area (Å²) < 4.78 is 9.85. The van der Waals surface area contributed by atoms with Crippen LogP contribution in [0.5, 0.6) is 5.75 Å². The van der Waals surface area contributed by atoms with Gasteiger partial charge in [-0.2, -0.15) is 0 Å². The molecule has 5 nitrogen and oxygen atoms in total. The van der Waals surface area contributed by atoms with Crippen LogP contribution in [-0.2, 0) is 9.53 Å². The first-order valence-corrected chi connectivity index (χ1v) is 5.00. The first-order chi connectivity index (χ1) is 7.67. The maximum absolute atomic E-state index is 11.1. The fourth-order valence-corrected chi connectivity index (χ4v) is 1.21. The Balaban J connectivity index is 2.57.